The van der Waals surface area contributed by atoms with Crippen molar-refractivity contribution in [3.8, 4) is 0 Å². The second-order valence-electron chi connectivity index (χ2n) is 4.87. The van der Waals surface area contributed by atoms with Gasteiger partial charge in [0.05, 0.1) is 10.7 Å². The lowest BCUT2D eigenvalue weighted by Crippen LogP contribution is -2.05. The van der Waals surface area contributed by atoms with Crippen molar-refractivity contribution >= 4 is 74.5 Å². The minimum atomic E-state index is 0.391. The van der Waals surface area contributed by atoms with Crippen LogP contribution in [0.25, 0.3) is 0 Å². The molecule has 1 heterocycles. The van der Waals surface area contributed by atoms with E-state index in [1.54, 1.807) is 18.2 Å². The van der Waals surface area contributed by atoms with Gasteiger partial charge in [-0.25, -0.2) is 9.97 Å². The first-order chi connectivity index (χ1) is 11.5. The highest BCUT2D eigenvalue weighted by atomic mass is 127. The monoisotopic (exact) mass is 471 g/mol. The molecule has 3 aromatic rings. The van der Waals surface area contributed by atoms with Crippen molar-refractivity contribution in [2.75, 3.05) is 16.4 Å². The molecule has 8 heteroatoms. The highest BCUT2D eigenvalue weighted by Crippen LogP contribution is 2.32. The number of nitrogen functional groups attached to an aromatic ring is 1. The Bertz CT molecular complexity index is 871. The van der Waals surface area contributed by atoms with Gasteiger partial charge in [-0.05, 0) is 65.1 Å². The molecule has 3 rings (SSSR count). The lowest BCUT2D eigenvalue weighted by Gasteiger charge is -2.13. The number of nitrogens with one attached hydrogen (secondary N) is 2. The minimum Gasteiger partial charge on any atom is -0.393 e. The van der Waals surface area contributed by atoms with Crippen molar-refractivity contribution in [1.82, 2.24) is 9.97 Å². The normalized spacial score (nSPS) is 10.5. The SMILES string of the molecule is Nc1c(Nc2ccc(I)cc2)ncnc1Nc1ccc(Cl)cc1Cl. The summed E-state index contributed by atoms with van der Waals surface area (Å²) in [7, 11) is 0. The van der Waals surface area contributed by atoms with E-state index in [1.165, 1.54) is 6.33 Å². The molecule has 0 saturated carbocycles. The molecule has 0 bridgehead atoms. The van der Waals surface area contributed by atoms with E-state index >= 15 is 0 Å². The van der Waals surface area contributed by atoms with Crippen LogP contribution >= 0.6 is 45.8 Å². The van der Waals surface area contributed by atoms with Gasteiger partial charge in [0.1, 0.15) is 12.0 Å². The summed E-state index contributed by atoms with van der Waals surface area (Å²) in [6.45, 7) is 0. The number of hydrogen-bond donors (Lipinski definition) is 3. The van der Waals surface area contributed by atoms with Crippen molar-refractivity contribution in [2.24, 2.45) is 0 Å². The fourth-order valence-corrected chi connectivity index (χ4v) is 2.80. The summed E-state index contributed by atoms with van der Waals surface area (Å²) in [4.78, 5) is 8.37. The molecule has 2 aromatic carbocycles. The van der Waals surface area contributed by atoms with Crippen molar-refractivity contribution in [1.29, 1.82) is 0 Å². The molecule has 0 amide bonds. The van der Waals surface area contributed by atoms with Crippen LogP contribution in [0.4, 0.5) is 28.7 Å². The number of hydrogen-bond acceptors (Lipinski definition) is 5. The number of nitrogens with zero attached hydrogens (tertiary/aromatic N) is 2. The molecule has 0 aliphatic rings. The maximum Gasteiger partial charge on any atom is 0.159 e. The molecule has 0 spiro atoms. The summed E-state index contributed by atoms with van der Waals surface area (Å²) in [5, 5.41) is 7.31. The van der Waals surface area contributed by atoms with Crippen LogP contribution in [0.2, 0.25) is 10.0 Å². The molecule has 5 nitrogen and oxygen atoms in total. The number of benzene rings is 2. The van der Waals surface area contributed by atoms with Gasteiger partial charge in [-0.3, -0.25) is 0 Å². The molecule has 0 aliphatic heterocycles. The van der Waals surface area contributed by atoms with E-state index in [2.05, 4.69) is 43.2 Å². The van der Waals surface area contributed by atoms with Gasteiger partial charge in [-0.2, -0.15) is 0 Å². The third-order valence-corrected chi connectivity index (χ3v) is 4.44. The van der Waals surface area contributed by atoms with E-state index in [0.717, 1.165) is 9.26 Å². The largest absolute Gasteiger partial charge is 0.393 e. The van der Waals surface area contributed by atoms with Gasteiger partial charge in [0.2, 0.25) is 0 Å². The van der Waals surface area contributed by atoms with Gasteiger partial charge in [0.25, 0.3) is 0 Å². The predicted molar refractivity (Wildman–Crippen MR) is 109 cm³/mol. The average molecular weight is 472 g/mol. The lowest BCUT2D eigenvalue weighted by atomic mass is 10.3. The van der Waals surface area contributed by atoms with E-state index in [4.69, 9.17) is 28.9 Å². The van der Waals surface area contributed by atoms with Gasteiger partial charge in [-0.1, -0.05) is 23.2 Å². The summed E-state index contributed by atoms with van der Waals surface area (Å²) < 4.78 is 1.15. The third kappa shape index (κ3) is 4.00. The summed E-state index contributed by atoms with van der Waals surface area (Å²) >= 11 is 14.3. The fraction of sp³-hybridized carbons (Fsp3) is 0. The van der Waals surface area contributed by atoms with E-state index in [0.29, 0.717) is 33.1 Å². The smallest absolute Gasteiger partial charge is 0.159 e. The maximum absolute atomic E-state index is 6.17. The highest BCUT2D eigenvalue weighted by molar-refractivity contribution is 14.1. The Hall–Kier alpha value is -1.77. The number of aromatic nitrogens is 2. The molecule has 0 fully saturated rings. The van der Waals surface area contributed by atoms with Crippen LogP contribution in [0.15, 0.2) is 48.8 Å². The average Bonchev–Trinajstić information content (AvgIpc) is 2.55. The first-order valence-electron chi connectivity index (χ1n) is 6.88. The zero-order valence-electron chi connectivity index (χ0n) is 12.2. The maximum atomic E-state index is 6.17. The lowest BCUT2D eigenvalue weighted by molar-refractivity contribution is 1.17. The highest BCUT2D eigenvalue weighted by Gasteiger charge is 2.10. The second kappa shape index (κ2) is 7.42. The van der Waals surface area contributed by atoms with Crippen LogP contribution in [-0.4, -0.2) is 9.97 Å². The number of anilines is 5. The molecule has 122 valence electrons. The van der Waals surface area contributed by atoms with Gasteiger partial charge < -0.3 is 16.4 Å². The van der Waals surface area contributed by atoms with Crippen molar-refractivity contribution in [2.45, 2.75) is 0 Å². The van der Waals surface area contributed by atoms with E-state index < -0.39 is 0 Å². The van der Waals surface area contributed by atoms with E-state index in [-0.39, 0.29) is 0 Å². The van der Waals surface area contributed by atoms with Gasteiger partial charge in [-0.15, -0.1) is 0 Å². The van der Waals surface area contributed by atoms with Crippen LogP contribution in [0.5, 0.6) is 0 Å². The molecular formula is C16H12Cl2IN5. The number of halogens is 3. The van der Waals surface area contributed by atoms with Crippen LogP contribution in [0.1, 0.15) is 0 Å². The Morgan fingerprint density at radius 3 is 2.25 bits per heavy atom. The van der Waals surface area contributed by atoms with Crippen LogP contribution in [0, 0.1) is 3.57 Å². The Labute approximate surface area is 162 Å². The molecule has 0 radical (unpaired) electrons. The van der Waals surface area contributed by atoms with Crippen molar-refractivity contribution in [3.05, 3.63) is 62.4 Å². The zero-order valence-corrected chi connectivity index (χ0v) is 15.9. The van der Waals surface area contributed by atoms with Gasteiger partial charge in [0.15, 0.2) is 11.6 Å². The minimum absolute atomic E-state index is 0.391. The number of rotatable bonds is 4. The van der Waals surface area contributed by atoms with Crippen LogP contribution in [-0.2, 0) is 0 Å². The summed E-state index contributed by atoms with van der Waals surface area (Å²) in [6.07, 6.45) is 1.43. The molecule has 4 N–H and O–H groups in total. The molecule has 24 heavy (non-hydrogen) atoms. The third-order valence-electron chi connectivity index (χ3n) is 3.18. The first kappa shape index (κ1) is 17.1. The molecular weight excluding hydrogens is 460 g/mol. The zero-order chi connectivity index (χ0) is 17.1. The summed E-state index contributed by atoms with van der Waals surface area (Å²) in [6, 6.07) is 13.0. The standard InChI is InChI=1S/C16H12Cl2IN5/c17-9-1-6-13(12(18)7-9)24-16-14(20)15(21-8-22-16)23-11-4-2-10(19)3-5-11/h1-8H,20H2,(H2,21,22,23,24). The molecule has 0 saturated heterocycles. The van der Waals surface area contributed by atoms with Crippen LogP contribution < -0.4 is 16.4 Å². The number of nitrogens with two attached hydrogens (primary N) is 1. The van der Waals surface area contributed by atoms with E-state index in [1.807, 2.05) is 24.3 Å². The quantitative estimate of drug-likeness (QED) is 0.440. The first-order valence-corrected chi connectivity index (χ1v) is 8.71. The Morgan fingerprint density at radius 1 is 0.917 bits per heavy atom. The topological polar surface area (TPSA) is 75.9 Å². The van der Waals surface area contributed by atoms with Gasteiger partial charge >= 0.3 is 0 Å². The fourth-order valence-electron chi connectivity index (χ4n) is 1.98. The predicted octanol–water partition coefficient (Wildman–Crippen LogP) is 5.46. The Balaban J connectivity index is 1.86. The van der Waals surface area contributed by atoms with Gasteiger partial charge in [0, 0.05) is 14.3 Å². The molecule has 1 aromatic heterocycles. The summed E-state index contributed by atoms with van der Waals surface area (Å²) in [5.41, 5.74) is 8.10. The molecule has 0 atom stereocenters. The van der Waals surface area contributed by atoms with Crippen molar-refractivity contribution < 1.29 is 0 Å². The Morgan fingerprint density at radius 2 is 1.58 bits per heavy atom. The van der Waals surface area contributed by atoms with E-state index in [9.17, 15) is 0 Å². The Kier molecular flexibility index (Phi) is 5.27. The summed E-state index contributed by atoms with van der Waals surface area (Å²) in [5.74, 6) is 0.973. The van der Waals surface area contributed by atoms with Crippen molar-refractivity contribution in [3.63, 3.8) is 0 Å². The second-order valence-corrected chi connectivity index (χ2v) is 6.95. The van der Waals surface area contributed by atoms with Crippen LogP contribution in [0.3, 0.4) is 0 Å². The molecule has 0 aliphatic carbocycles. The molecule has 0 unspecified atom stereocenters.